The normalized spacial score (nSPS) is 14.4. The first-order chi connectivity index (χ1) is 11.7. The summed E-state index contributed by atoms with van der Waals surface area (Å²) in [5.41, 5.74) is -0.845. The molecule has 0 saturated carbocycles. The van der Waals surface area contributed by atoms with Gasteiger partial charge in [0, 0.05) is 0 Å². The third-order valence-corrected chi connectivity index (χ3v) is 3.58. The topological polar surface area (TPSA) is 37.3 Å². The molecule has 0 heterocycles. The molecule has 0 aromatic heterocycles. The fraction of sp³-hybridized carbons (Fsp3) is 0.235. The van der Waals surface area contributed by atoms with Gasteiger partial charge in [-0.25, -0.2) is 22.4 Å². The molecule has 2 atom stereocenters. The first-order valence-corrected chi connectivity index (χ1v) is 7.03. The van der Waals surface area contributed by atoms with Crippen LogP contribution in [0.3, 0.4) is 0 Å². The molecule has 0 radical (unpaired) electrons. The molecule has 1 N–H and O–H groups in total. The summed E-state index contributed by atoms with van der Waals surface area (Å²) >= 11 is 0. The van der Waals surface area contributed by atoms with Gasteiger partial charge in [-0.15, -0.1) is 0 Å². The maximum absolute atomic E-state index is 14.0. The molecule has 0 aliphatic rings. The Morgan fingerprint density at radius 3 is 2.08 bits per heavy atom. The Bertz CT molecular complexity index is 748. The number of halogens is 6. The van der Waals surface area contributed by atoms with Gasteiger partial charge in [-0.05, 0) is 22.8 Å². The van der Waals surface area contributed by atoms with E-state index in [1.807, 2.05) is 0 Å². The fourth-order valence-corrected chi connectivity index (χ4v) is 2.30. The summed E-state index contributed by atoms with van der Waals surface area (Å²) in [5.74, 6) is -6.53. The van der Waals surface area contributed by atoms with Crippen molar-refractivity contribution < 1.29 is 36.2 Å². The van der Waals surface area contributed by atoms with Crippen molar-refractivity contribution in [1.29, 1.82) is 0 Å². The molecule has 2 rings (SSSR count). The van der Waals surface area contributed by atoms with Crippen molar-refractivity contribution in [3.05, 3.63) is 59.7 Å². The van der Waals surface area contributed by atoms with E-state index in [9.17, 15) is 36.2 Å². The molecule has 0 aliphatic carbocycles. The van der Waals surface area contributed by atoms with Crippen LogP contribution in [0, 0.1) is 0 Å². The second-order valence-electron chi connectivity index (χ2n) is 5.25. The number of rotatable bonds is 6. The number of carbonyl (C=O) groups is 1. The largest absolute Gasteiger partial charge is 0.478 e. The van der Waals surface area contributed by atoms with Crippen molar-refractivity contribution in [2.45, 2.75) is 24.7 Å². The van der Waals surface area contributed by atoms with Gasteiger partial charge in [-0.1, -0.05) is 42.5 Å². The highest BCUT2D eigenvalue weighted by atomic mass is 19.3. The molecule has 8 heteroatoms. The minimum Gasteiger partial charge on any atom is -0.478 e. The Hall–Kier alpha value is -2.51. The van der Waals surface area contributed by atoms with Gasteiger partial charge in [0.1, 0.15) is 0 Å². The molecule has 2 aromatic carbocycles. The first-order valence-electron chi connectivity index (χ1n) is 7.03. The number of aromatic carboxylic acids is 1. The Kier molecular flexibility index (Phi) is 5.39. The van der Waals surface area contributed by atoms with E-state index in [4.69, 9.17) is 0 Å². The van der Waals surface area contributed by atoms with E-state index in [-0.39, 0.29) is 5.56 Å². The summed E-state index contributed by atoms with van der Waals surface area (Å²) in [4.78, 5) is 11.4. The summed E-state index contributed by atoms with van der Waals surface area (Å²) in [7, 11) is 0. The van der Waals surface area contributed by atoms with Crippen LogP contribution < -0.4 is 0 Å². The van der Waals surface area contributed by atoms with Crippen LogP contribution in [-0.4, -0.2) is 29.6 Å². The molecule has 2 nitrogen and oxygen atoms in total. The second kappa shape index (κ2) is 7.16. The highest BCUT2D eigenvalue weighted by Gasteiger charge is 2.53. The van der Waals surface area contributed by atoms with E-state index in [2.05, 4.69) is 0 Å². The number of benzene rings is 2. The SMILES string of the molecule is O=C(O)c1cc(C(F)C(F)(F)C(F)C(F)F)ccc1-c1ccccc1. The van der Waals surface area contributed by atoms with Crippen molar-refractivity contribution in [3.63, 3.8) is 0 Å². The summed E-state index contributed by atoms with van der Waals surface area (Å²) in [6.07, 6.45) is -11.5. The summed E-state index contributed by atoms with van der Waals surface area (Å²) in [5, 5.41) is 9.23. The van der Waals surface area contributed by atoms with Gasteiger partial charge in [0.25, 0.3) is 6.43 Å². The Morgan fingerprint density at radius 1 is 0.960 bits per heavy atom. The molecule has 25 heavy (non-hydrogen) atoms. The van der Waals surface area contributed by atoms with E-state index < -0.39 is 41.8 Å². The predicted molar refractivity (Wildman–Crippen MR) is 78.5 cm³/mol. The van der Waals surface area contributed by atoms with Crippen molar-refractivity contribution in [2.75, 3.05) is 0 Å². The van der Waals surface area contributed by atoms with Crippen LogP contribution in [0.25, 0.3) is 11.1 Å². The van der Waals surface area contributed by atoms with Crippen molar-refractivity contribution in [1.82, 2.24) is 0 Å². The lowest BCUT2D eigenvalue weighted by Crippen LogP contribution is -2.39. The van der Waals surface area contributed by atoms with Gasteiger partial charge in [0.2, 0.25) is 6.17 Å². The first kappa shape index (κ1) is 18.8. The molecule has 2 unspecified atom stereocenters. The van der Waals surface area contributed by atoms with Crippen molar-refractivity contribution in [3.8, 4) is 11.1 Å². The standard InChI is InChI=1S/C17H12F6O2/c18-13(17(22,23)14(19)15(20)21)10-6-7-11(12(8-10)16(24)25)9-4-2-1-3-5-9/h1-8,13-15H,(H,24,25). The lowest BCUT2D eigenvalue weighted by Gasteiger charge is -2.24. The molecule has 0 spiro atoms. The number of alkyl halides is 6. The number of carboxylic acids is 1. The maximum Gasteiger partial charge on any atom is 0.336 e. The number of carboxylic acid groups (broad SMARTS) is 1. The van der Waals surface area contributed by atoms with Crippen LogP contribution in [0.15, 0.2) is 48.5 Å². The minimum absolute atomic E-state index is 0.123. The predicted octanol–water partition coefficient (Wildman–Crippen LogP) is 5.30. The smallest absolute Gasteiger partial charge is 0.336 e. The molecule has 0 saturated heterocycles. The Balaban J connectivity index is 2.48. The van der Waals surface area contributed by atoms with E-state index in [1.54, 1.807) is 30.3 Å². The third kappa shape index (κ3) is 3.78. The number of hydrogen-bond donors (Lipinski definition) is 1. The Labute approximate surface area is 138 Å². The van der Waals surface area contributed by atoms with Crippen molar-refractivity contribution in [2.24, 2.45) is 0 Å². The molecule has 0 bridgehead atoms. The van der Waals surface area contributed by atoms with Gasteiger partial charge in [0.05, 0.1) is 5.56 Å². The van der Waals surface area contributed by atoms with E-state index in [1.165, 1.54) is 0 Å². The molecule has 2 aromatic rings. The summed E-state index contributed by atoms with van der Waals surface area (Å²) in [6.45, 7) is 0. The van der Waals surface area contributed by atoms with Gasteiger partial charge in [0.15, 0.2) is 6.17 Å². The van der Waals surface area contributed by atoms with Crippen LogP contribution in [0.2, 0.25) is 0 Å². The summed E-state index contributed by atoms with van der Waals surface area (Å²) in [6, 6.07) is 10.5. The zero-order valence-electron chi connectivity index (χ0n) is 12.5. The van der Waals surface area contributed by atoms with Crippen LogP contribution in [0.5, 0.6) is 0 Å². The lowest BCUT2D eigenvalue weighted by molar-refractivity contribution is -0.167. The van der Waals surface area contributed by atoms with E-state index >= 15 is 0 Å². The van der Waals surface area contributed by atoms with E-state index in [0.29, 0.717) is 11.6 Å². The van der Waals surface area contributed by atoms with Crippen molar-refractivity contribution >= 4 is 5.97 Å². The van der Waals surface area contributed by atoms with E-state index in [0.717, 1.165) is 12.1 Å². The van der Waals surface area contributed by atoms with Gasteiger partial charge >= 0.3 is 11.9 Å². The number of hydrogen-bond acceptors (Lipinski definition) is 1. The lowest BCUT2D eigenvalue weighted by atomic mass is 9.93. The zero-order chi connectivity index (χ0) is 18.8. The second-order valence-corrected chi connectivity index (χ2v) is 5.25. The van der Waals surface area contributed by atoms with Crippen LogP contribution in [0.4, 0.5) is 26.3 Å². The monoisotopic (exact) mass is 362 g/mol. The van der Waals surface area contributed by atoms with Gasteiger partial charge in [-0.3, -0.25) is 0 Å². The van der Waals surface area contributed by atoms with Gasteiger partial charge < -0.3 is 5.11 Å². The molecule has 134 valence electrons. The molecule has 0 aliphatic heterocycles. The molecule has 0 fully saturated rings. The van der Waals surface area contributed by atoms with Gasteiger partial charge in [-0.2, -0.15) is 8.78 Å². The highest BCUT2D eigenvalue weighted by Crippen LogP contribution is 2.41. The molecular weight excluding hydrogens is 350 g/mol. The van der Waals surface area contributed by atoms with Crippen LogP contribution in [-0.2, 0) is 0 Å². The molecular formula is C17H12F6O2. The molecule has 0 amide bonds. The average Bonchev–Trinajstić information content (AvgIpc) is 2.60. The minimum atomic E-state index is -5.00. The Morgan fingerprint density at radius 2 is 1.56 bits per heavy atom. The fourth-order valence-electron chi connectivity index (χ4n) is 2.30. The zero-order valence-corrected chi connectivity index (χ0v) is 12.5. The average molecular weight is 362 g/mol. The quantitative estimate of drug-likeness (QED) is 0.708. The highest BCUT2D eigenvalue weighted by molar-refractivity contribution is 5.96. The third-order valence-electron chi connectivity index (χ3n) is 3.58. The van der Waals surface area contributed by atoms with Crippen LogP contribution >= 0.6 is 0 Å². The van der Waals surface area contributed by atoms with Crippen LogP contribution in [0.1, 0.15) is 22.1 Å². The summed E-state index contributed by atoms with van der Waals surface area (Å²) < 4.78 is 78.4. The maximum atomic E-state index is 14.0.